The lowest BCUT2D eigenvalue weighted by Gasteiger charge is -2.04. The quantitative estimate of drug-likeness (QED) is 0.737. The number of rotatable bonds is 5. The monoisotopic (exact) mass is 257 g/mol. The number of nitrogens with one attached hydrogen (secondary N) is 2. The predicted molar refractivity (Wildman–Crippen MR) is 72.8 cm³/mol. The Morgan fingerprint density at radius 3 is 3.05 bits per heavy atom. The summed E-state index contributed by atoms with van der Waals surface area (Å²) in [4.78, 5) is 0. The van der Waals surface area contributed by atoms with E-state index in [9.17, 15) is 0 Å². The van der Waals surface area contributed by atoms with Gasteiger partial charge in [-0.1, -0.05) is 0 Å². The van der Waals surface area contributed by atoms with Gasteiger partial charge in [-0.15, -0.1) is 0 Å². The van der Waals surface area contributed by atoms with Gasteiger partial charge >= 0.3 is 0 Å². The van der Waals surface area contributed by atoms with E-state index in [2.05, 4.69) is 21.6 Å². The summed E-state index contributed by atoms with van der Waals surface area (Å²) in [7, 11) is 1.65. The predicted octanol–water partition coefficient (Wildman–Crippen LogP) is 2.91. The van der Waals surface area contributed by atoms with Crippen LogP contribution >= 0.6 is 0 Å². The van der Waals surface area contributed by atoms with E-state index in [1.54, 1.807) is 7.11 Å². The van der Waals surface area contributed by atoms with E-state index in [0.29, 0.717) is 13.2 Å². The van der Waals surface area contributed by atoms with E-state index >= 15 is 0 Å². The van der Waals surface area contributed by atoms with Crippen molar-refractivity contribution in [2.75, 3.05) is 12.4 Å². The third kappa shape index (κ3) is 2.61. The molecule has 0 saturated carbocycles. The number of hydrogen-bond donors (Lipinski definition) is 2. The molecule has 0 spiro atoms. The SMILES string of the molecule is COCc1ccc(CNc2ccc3[nH]ncc3c2)o1. The highest BCUT2D eigenvalue weighted by atomic mass is 16.5. The summed E-state index contributed by atoms with van der Waals surface area (Å²) < 4.78 is 10.6. The summed E-state index contributed by atoms with van der Waals surface area (Å²) in [6.07, 6.45) is 1.81. The number of fused-ring (bicyclic) bond motifs is 1. The van der Waals surface area contributed by atoms with Gasteiger partial charge in [0.15, 0.2) is 0 Å². The van der Waals surface area contributed by atoms with Gasteiger partial charge in [0.1, 0.15) is 18.1 Å². The first-order chi connectivity index (χ1) is 9.35. The Hall–Kier alpha value is -2.27. The summed E-state index contributed by atoms with van der Waals surface area (Å²) >= 11 is 0. The van der Waals surface area contributed by atoms with Crippen molar-refractivity contribution in [3.63, 3.8) is 0 Å². The minimum atomic E-state index is 0.501. The van der Waals surface area contributed by atoms with E-state index in [-0.39, 0.29) is 0 Å². The molecule has 2 aromatic heterocycles. The van der Waals surface area contributed by atoms with Crippen molar-refractivity contribution in [1.82, 2.24) is 10.2 Å². The highest BCUT2D eigenvalue weighted by molar-refractivity contribution is 5.81. The Bertz CT molecular complexity index is 672. The minimum Gasteiger partial charge on any atom is -0.462 e. The Balaban J connectivity index is 1.67. The summed E-state index contributed by atoms with van der Waals surface area (Å²) in [5.74, 6) is 1.73. The van der Waals surface area contributed by atoms with Crippen LogP contribution in [-0.4, -0.2) is 17.3 Å². The first-order valence-electron chi connectivity index (χ1n) is 6.09. The van der Waals surface area contributed by atoms with Crippen molar-refractivity contribution < 1.29 is 9.15 Å². The van der Waals surface area contributed by atoms with Crippen molar-refractivity contribution >= 4 is 16.6 Å². The fourth-order valence-electron chi connectivity index (χ4n) is 1.98. The normalized spacial score (nSPS) is 11.0. The molecule has 3 aromatic rings. The molecule has 0 unspecified atom stereocenters. The molecule has 2 N–H and O–H groups in total. The number of ether oxygens (including phenoxy) is 1. The first kappa shape index (κ1) is 11.8. The van der Waals surface area contributed by atoms with E-state index in [1.165, 1.54) is 0 Å². The number of H-pyrrole nitrogens is 1. The van der Waals surface area contributed by atoms with E-state index < -0.39 is 0 Å². The lowest BCUT2D eigenvalue weighted by molar-refractivity contribution is 0.163. The molecule has 0 atom stereocenters. The molecule has 0 saturated heterocycles. The van der Waals surface area contributed by atoms with Crippen LogP contribution in [0.5, 0.6) is 0 Å². The maximum absolute atomic E-state index is 5.61. The molecule has 98 valence electrons. The second-order valence-corrected chi connectivity index (χ2v) is 4.33. The summed E-state index contributed by atoms with van der Waals surface area (Å²) in [6.45, 7) is 1.15. The van der Waals surface area contributed by atoms with Crippen LogP contribution in [0.1, 0.15) is 11.5 Å². The number of benzene rings is 1. The van der Waals surface area contributed by atoms with E-state index in [4.69, 9.17) is 9.15 Å². The second kappa shape index (κ2) is 5.16. The zero-order chi connectivity index (χ0) is 13.1. The lowest BCUT2D eigenvalue weighted by atomic mass is 10.2. The first-order valence-corrected chi connectivity index (χ1v) is 6.09. The van der Waals surface area contributed by atoms with Crippen LogP contribution < -0.4 is 5.32 Å². The molecule has 0 aliphatic rings. The summed E-state index contributed by atoms with van der Waals surface area (Å²) in [6, 6.07) is 9.96. The fraction of sp³-hybridized carbons (Fsp3) is 0.214. The third-order valence-corrected chi connectivity index (χ3v) is 2.91. The van der Waals surface area contributed by atoms with E-state index in [0.717, 1.165) is 28.1 Å². The Labute approximate surface area is 110 Å². The highest BCUT2D eigenvalue weighted by Crippen LogP contribution is 2.18. The minimum absolute atomic E-state index is 0.501. The zero-order valence-electron chi connectivity index (χ0n) is 10.6. The van der Waals surface area contributed by atoms with Crippen molar-refractivity contribution in [3.05, 3.63) is 48.0 Å². The Morgan fingerprint density at radius 1 is 1.26 bits per heavy atom. The average molecular weight is 257 g/mol. The van der Waals surface area contributed by atoms with Gasteiger partial charge in [0, 0.05) is 18.2 Å². The van der Waals surface area contributed by atoms with Crippen LogP contribution in [0, 0.1) is 0 Å². The molecular formula is C14H15N3O2. The Kier molecular flexibility index (Phi) is 3.20. The molecule has 3 rings (SSSR count). The van der Waals surface area contributed by atoms with Crippen molar-refractivity contribution in [3.8, 4) is 0 Å². The molecule has 0 aliphatic heterocycles. The number of furan rings is 1. The van der Waals surface area contributed by atoms with Crippen LogP contribution in [0.15, 0.2) is 40.9 Å². The average Bonchev–Trinajstić information content (AvgIpc) is 3.04. The lowest BCUT2D eigenvalue weighted by Crippen LogP contribution is -1.97. The molecule has 0 aliphatic carbocycles. The third-order valence-electron chi connectivity index (χ3n) is 2.91. The Morgan fingerprint density at radius 2 is 2.16 bits per heavy atom. The van der Waals surface area contributed by atoms with Crippen molar-refractivity contribution in [2.45, 2.75) is 13.2 Å². The van der Waals surface area contributed by atoms with Crippen LogP contribution in [0.25, 0.3) is 10.9 Å². The molecule has 5 heteroatoms. The molecule has 0 radical (unpaired) electrons. The number of aromatic amines is 1. The standard InChI is InChI=1S/C14H15N3O2/c1-18-9-13-4-3-12(19-13)8-15-11-2-5-14-10(6-11)7-16-17-14/h2-7,15H,8-9H2,1H3,(H,16,17). The number of methoxy groups -OCH3 is 1. The maximum atomic E-state index is 5.61. The molecule has 2 heterocycles. The van der Waals surface area contributed by atoms with Gasteiger partial charge in [-0.25, -0.2) is 0 Å². The summed E-state index contributed by atoms with van der Waals surface area (Å²) in [5.41, 5.74) is 2.07. The molecular weight excluding hydrogens is 242 g/mol. The van der Waals surface area contributed by atoms with Crippen molar-refractivity contribution in [1.29, 1.82) is 0 Å². The van der Waals surface area contributed by atoms with Crippen molar-refractivity contribution in [2.24, 2.45) is 0 Å². The second-order valence-electron chi connectivity index (χ2n) is 4.33. The number of aromatic nitrogens is 2. The molecule has 5 nitrogen and oxygen atoms in total. The largest absolute Gasteiger partial charge is 0.462 e. The maximum Gasteiger partial charge on any atom is 0.129 e. The van der Waals surface area contributed by atoms with Crippen LogP contribution in [0.3, 0.4) is 0 Å². The van der Waals surface area contributed by atoms with Gasteiger partial charge < -0.3 is 14.5 Å². The van der Waals surface area contributed by atoms with Gasteiger partial charge in [0.2, 0.25) is 0 Å². The highest BCUT2D eigenvalue weighted by Gasteiger charge is 2.02. The number of hydrogen-bond acceptors (Lipinski definition) is 4. The van der Waals surface area contributed by atoms with Gasteiger partial charge in [0.25, 0.3) is 0 Å². The molecule has 19 heavy (non-hydrogen) atoms. The topological polar surface area (TPSA) is 63.1 Å². The van der Waals surface area contributed by atoms with E-state index in [1.807, 2.05) is 30.5 Å². The zero-order valence-corrected chi connectivity index (χ0v) is 10.6. The van der Waals surface area contributed by atoms with Crippen LogP contribution in [0.2, 0.25) is 0 Å². The van der Waals surface area contributed by atoms with Gasteiger partial charge in [-0.05, 0) is 30.3 Å². The van der Waals surface area contributed by atoms with Gasteiger partial charge in [-0.2, -0.15) is 5.10 Å². The van der Waals surface area contributed by atoms with Crippen LogP contribution in [0.4, 0.5) is 5.69 Å². The molecule has 0 bridgehead atoms. The van der Waals surface area contributed by atoms with Gasteiger partial charge in [0.05, 0.1) is 18.3 Å². The number of nitrogens with zero attached hydrogens (tertiary/aromatic N) is 1. The smallest absolute Gasteiger partial charge is 0.129 e. The van der Waals surface area contributed by atoms with Gasteiger partial charge in [-0.3, -0.25) is 5.10 Å². The fourth-order valence-corrected chi connectivity index (χ4v) is 1.98. The number of anilines is 1. The van der Waals surface area contributed by atoms with Crippen LogP contribution in [-0.2, 0) is 17.9 Å². The molecule has 0 amide bonds. The summed E-state index contributed by atoms with van der Waals surface area (Å²) in [5, 5.41) is 11.3. The molecule has 0 fully saturated rings. The molecule has 1 aromatic carbocycles.